The third kappa shape index (κ3) is 2.90. The van der Waals surface area contributed by atoms with E-state index in [9.17, 15) is 4.79 Å². The lowest BCUT2D eigenvalue weighted by Crippen LogP contribution is -2.35. The minimum atomic E-state index is 0.0930. The number of hydrogen-bond donors (Lipinski definition) is 1. The van der Waals surface area contributed by atoms with Gasteiger partial charge in [0, 0.05) is 17.7 Å². The molecule has 0 saturated carbocycles. The smallest absolute Gasteiger partial charge is 0.227 e. The molecular weight excluding hydrogens is 312 g/mol. The molecule has 122 valence electrons. The van der Waals surface area contributed by atoms with Crippen LogP contribution in [0.15, 0.2) is 54.6 Å². The number of carbonyl (C=O) groups is 1. The highest BCUT2D eigenvalue weighted by molar-refractivity contribution is 5.83. The number of fused-ring (bicyclic) bond motifs is 1. The summed E-state index contributed by atoms with van der Waals surface area (Å²) in [5.41, 5.74) is 5.22. The average Bonchev–Trinajstić information content (AvgIpc) is 3.05. The van der Waals surface area contributed by atoms with Gasteiger partial charge in [0.2, 0.25) is 5.91 Å². The Hall–Kier alpha value is -3.39. The Bertz CT molecular complexity index is 969. The van der Waals surface area contributed by atoms with Gasteiger partial charge in [-0.1, -0.05) is 42.5 Å². The van der Waals surface area contributed by atoms with Crippen molar-refractivity contribution in [1.29, 1.82) is 5.26 Å². The lowest BCUT2D eigenvalue weighted by atomic mass is 9.98. The van der Waals surface area contributed by atoms with Crippen LogP contribution < -0.4 is 0 Å². The lowest BCUT2D eigenvalue weighted by molar-refractivity contribution is -0.132. The zero-order valence-corrected chi connectivity index (χ0v) is 13.6. The summed E-state index contributed by atoms with van der Waals surface area (Å²) in [5, 5.41) is 16.6. The topological polar surface area (TPSA) is 72.8 Å². The van der Waals surface area contributed by atoms with E-state index in [1.54, 1.807) is 12.1 Å². The van der Waals surface area contributed by atoms with E-state index in [1.165, 1.54) is 0 Å². The van der Waals surface area contributed by atoms with Crippen molar-refractivity contribution < 1.29 is 4.79 Å². The van der Waals surface area contributed by atoms with Crippen molar-refractivity contribution in [2.24, 2.45) is 0 Å². The Morgan fingerprint density at radius 2 is 2.00 bits per heavy atom. The summed E-state index contributed by atoms with van der Waals surface area (Å²) < 4.78 is 0. The second-order valence-electron chi connectivity index (χ2n) is 6.13. The number of benzene rings is 2. The van der Waals surface area contributed by atoms with Crippen LogP contribution in [0.1, 0.15) is 22.4 Å². The molecule has 0 fully saturated rings. The van der Waals surface area contributed by atoms with Gasteiger partial charge in [-0.25, -0.2) is 0 Å². The molecule has 0 aliphatic carbocycles. The summed E-state index contributed by atoms with van der Waals surface area (Å²) in [6.07, 6.45) is 0.324. The highest BCUT2D eigenvalue weighted by Gasteiger charge is 2.28. The maximum Gasteiger partial charge on any atom is 0.227 e. The molecule has 0 atom stereocenters. The van der Waals surface area contributed by atoms with E-state index < -0.39 is 0 Å². The second kappa shape index (κ2) is 6.25. The van der Waals surface area contributed by atoms with E-state index in [1.807, 2.05) is 47.4 Å². The number of nitrogens with one attached hydrogen (secondary N) is 1. The average molecular weight is 328 g/mol. The molecule has 0 saturated heterocycles. The zero-order valence-electron chi connectivity index (χ0n) is 13.6. The summed E-state index contributed by atoms with van der Waals surface area (Å²) in [7, 11) is 0. The maximum atomic E-state index is 12.6. The molecule has 1 N–H and O–H groups in total. The largest absolute Gasteiger partial charge is 0.332 e. The van der Waals surface area contributed by atoms with Gasteiger partial charge in [-0.15, -0.1) is 0 Å². The molecule has 0 unspecified atom stereocenters. The number of hydrogen-bond acceptors (Lipinski definition) is 3. The minimum absolute atomic E-state index is 0.0930. The molecule has 1 amide bonds. The first-order chi connectivity index (χ1) is 12.2. The molecule has 0 bridgehead atoms. The molecule has 5 nitrogen and oxygen atoms in total. The molecule has 5 heteroatoms. The van der Waals surface area contributed by atoms with Gasteiger partial charge in [0.05, 0.1) is 36.0 Å². The van der Waals surface area contributed by atoms with Gasteiger partial charge in [0.1, 0.15) is 0 Å². The molecule has 1 aliphatic rings. The monoisotopic (exact) mass is 328 g/mol. The van der Waals surface area contributed by atoms with Gasteiger partial charge < -0.3 is 4.90 Å². The summed E-state index contributed by atoms with van der Waals surface area (Å²) in [6.45, 7) is 1.12. The van der Waals surface area contributed by atoms with Crippen molar-refractivity contribution >= 4 is 5.91 Å². The molecule has 2 aromatic carbocycles. The number of nitriles is 1. The fraction of sp³-hybridized carbons (Fsp3) is 0.150. The summed E-state index contributed by atoms with van der Waals surface area (Å²) in [5.74, 6) is 0.0930. The van der Waals surface area contributed by atoms with Crippen molar-refractivity contribution in [2.45, 2.75) is 19.5 Å². The van der Waals surface area contributed by atoms with Crippen LogP contribution >= 0.6 is 0 Å². The first kappa shape index (κ1) is 15.2. The van der Waals surface area contributed by atoms with Crippen LogP contribution in [0.3, 0.4) is 0 Å². The molecule has 3 aromatic rings. The predicted molar refractivity (Wildman–Crippen MR) is 93.1 cm³/mol. The Morgan fingerprint density at radius 3 is 2.80 bits per heavy atom. The third-order valence-electron chi connectivity index (χ3n) is 4.46. The minimum Gasteiger partial charge on any atom is -0.332 e. The number of carbonyl (C=O) groups excluding carboxylic acids is 1. The van der Waals surface area contributed by atoms with E-state index >= 15 is 0 Å². The fourth-order valence-electron chi connectivity index (χ4n) is 3.19. The Morgan fingerprint density at radius 1 is 1.16 bits per heavy atom. The van der Waals surface area contributed by atoms with E-state index in [0.29, 0.717) is 25.1 Å². The quantitative estimate of drug-likeness (QED) is 0.803. The normalized spacial score (nSPS) is 13.4. The van der Waals surface area contributed by atoms with Crippen molar-refractivity contribution in [3.05, 3.63) is 77.0 Å². The number of aromatic nitrogens is 2. The Balaban J connectivity index is 1.62. The Kier molecular flexibility index (Phi) is 3.79. The van der Waals surface area contributed by atoms with Crippen LogP contribution in [0.25, 0.3) is 11.3 Å². The fourth-order valence-corrected chi connectivity index (χ4v) is 3.19. The first-order valence-corrected chi connectivity index (χ1v) is 8.13. The van der Waals surface area contributed by atoms with Crippen LogP contribution in [-0.2, 0) is 24.3 Å². The molecule has 0 radical (unpaired) electrons. The lowest BCUT2D eigenvalue weighted by Gasteiger charge is -2.27. The molecule has 4 rings (SSSR count). The number of rotatable bonds is 3. The van der Waals surface area contributed by atoms with Gasteiger partial charge in [0.25, 0.3) is 0 Å². The van der Waals surface area contributed by atoms with Crippen molar-refractivity contribution in [1.82, 2.24) is 15.1 Å². The van der Waals surface area contributed by atoms with Crippen molar-refractivity contribution in [3.63, 3.8) is 0 Å². The molecule has 1 aliphatic heterocycles. The van der Waals surface area contributed by atoms with Gasteiger partial charge in [0.15, 0.2) is 0 Å². The van der Waals surface area contributed by atoms with E-state index in [2.05, 4.69) is 16.3 Å². The molecule has 0 spiro atoms. The zero-order chi connectivity index (χ0) is 17.2. The van der Waals surface area contributed by atoms with Gasteiger partial charge in [-0.3, -0.25) is 9.89 Å². The maximum absolute atomic E-state index is 12.6. The first-order valence-electron chi connectivity index (χ1n) is 8.13. The van der Waals surface area contributed by atoms with Crippen LogP contribution in [0, 0.1) is 11.3 Å². The number of amides is 1. The number of nitrogens with zero attached hydrogens (tertiary/aromatic N) is 3. The van der Waals surface area contributed by atoms with Crippen molar-refractivity contribution in [3.8, 4) is 17.3 Å². The summed E-state index contributed by atoms with van der Waals surface area (Å²) in [6, 6.07) is 19.4. The van der Waals surface area contributed by atoms with Crippen LogP contribution in [0.5, 0.6) is 0 Å². The summed E-state index contributed by atoms with van der Waals surface area (Å²) in [4.78, 5) is 14.4. The van der Waals surface area contributed by atoms with E-state index in [0.717, 1.165) is 28.1 Å². The van der Waals surface area contributed by atoms with E-state index in [-0.39, 0.29) is 5.91 Å². The van der Waals surface area contributed by atoms with Gasteiger partial charge >= 0.3 is 0 Å². The van der Waals surface area contributed by atoms with Crippen LogP contribution in [-0.4, -0.2) is 21.0 Å². The summed E-state index contributed by atoms with van der Waals surface area (Å²) >= 11 is 0. The predicted octanol–water partition coefficient (Wildman–Crippen LogP) is 3.03. The highest BCUT2D eigenvalue weighted by atomic mass is 16.2. The number of H-pyrrole nitrogens is 1. The van der Waals surface area contributed by atoms with Crippen LogP contribution in [0.4, 0.5) is 0 Å². The highest BCUT2D eigenvalue weighted by Crippen LogP contribution is 2.29. The number of aromatic amines is 1. The van der Waals surface area contributed by atoms with Crippen molar-refractivity contribution in [2.75, 3.05) is 0 Å². The standard InChI is InChI=1S/C20H16N4O/c21-11-15-7-4-8-16(9-15)20-17-10-19(25)24(13-18(17)22-23-20)12-14-5-2-1-3-6-14/h1-9H,10,12-13H2,(H,22,23). The molecule has 25 heavy (non-hydrogen) atoms. The molecule has 1 aromatic heterocycles. The third-order valence-corrected chi connectivity index (χ3v) is 4.46. The van der Waals surface area contributed by atoms with Gasteiger partial charge in [-0.05, 0) is 17.7 Å². The second-order valence-corrected chi connectivity index (χ2v) is 6.13. The molecular formula is C20H16N4O. The SMILES string of the molecule is N#Cc1cccc(-c2n[nH]c3c2CC(=O)N(Cc2ccccc2)C3)c1. The Labute approximate surface area is 145 Å². The van der Waals surface area contributed by atoms with E-state index in [4.69, 9.17) is 5.26 Å². The van der Waals surface area contributed by atoms with Gasteiger partial charge in [-0.2, -0.15) is 10.4 Å². The molecule has 2 heterocycles. The van der Waals surface area contributed by atoms with Crippen LogP contribution in [0.2, 0.25) is 0 Å².